The Morgan fingerprint density at radius 1 is 1.22 bits per heavy atom. The number of halogens is 1. The molecule has 2 aromatic carbocycles. The third-order valence-electron chi connectivity index (χ3n) is 2.88. The number of rotatable bonds is 1. The van der Waals surface area contributed by atoms with E-state index in [1.807, 2.05) is 6.07 Å². The van der Waals surface area contributed by atoms with E-state index in [0.717, 1.165) is 10.8 Å². The van der Waals surface area contributed by atoms with Gasteiger partial charge >= 0.3 is 0 Å². The molecule has 1 amide bonds. The van der Waals surface area contributed by atoms with E-state index in [-0.39, 0.29) is 11.4 Å². The SMILES string of the molecule is NC(=O)c1[nH]nc2c1ccc1c(Br)c(O)ccc12. The highest BCUT2D eigenvalue weighted by atomic mass is 79.9. The molecule has 0 fully saturated rings. The summed E-state index contributed by atoms with van der Waals surface area (Å²) in [4.78, 5) is 11.2. The number of fused-ring (bicyclic) bond motifs is 3. The molecule has 5 nitrogen and oxygen atoms in total. The summed E-state index contributed by atoms with van der Waals surface area (Å²) in [5, 5.41) is 18.7. The summed E-state index contributed by atoms with van der Waals surface area (Å²) in [6.07, 6.45) is 0. The minimum atomic E-state index is -0.547. The van der Waals surface area contributed by atoms with E-state index in [4.69, 9.17) is 5.73 Å². The number of benzene rings is 2. The molecular formula is C12H8BrN3O2. The Morgan fingerprint density at radius 3 is 2.61 bits per heavy atom. The Labute approximate surface area is 110 Å². The van der Waals surface area contributed by atoms with Gasteiger partial charge in [0.2, 0.25) is 0 Å². The van der Waals surface area contributed by atoms with Gasteiger partial charge in [0, 0.05) is 16.2 Å². The maximum Gasteiger partial charge on any atom is 0.267 e. The number of hydrogen-bond donors (Lipinski definition) is 3. The predicted octanol–water partition coefficient (Wildman–Crippen LogP) is 2.28. The predicted molar refractivity (Wildman–Crippen MR) is 71.5 cm³/mol. The number of nitrogens with two attached hydrogens (primary N) is 1. The maximum atomic E-state index is 11.2. The second-order valence-corrected chi connectivity index (χ2v) is 4.71. The number of hydrogen-bond acceptors (Lipinski definition) is 3. The average Bonchev–Trinajstić information content (AvgIpc) is 2.77. The van der Waals surface area contributed by atoms with Gasteiger partial charge in [-0.2, -0.15) is 5.10 Å². The van der Waals surface area contributed by atoms with Crippen molar-refractivity contribution in [2.75, 3.05) is 0 Å². The molecule has 6 heteroatoms. The molecule has 3 aromatic rings. The highest BCUT2D eigenvalue weighted by Gasteiger charge is 2.14. The lowest BCUT2D eigenvalue weighted by Gasteiger charge is -2.03. The number of primary amides is 1. The third-order valence-corrected chi connectivity index (χ3v) is 3.71. The molecular weight excluding hydrogens is 298 g/mol. The molecule has 3 rings (SSSR count). The van der Waals surface area contributed by atoms with E-state index >= 15 is 0 Å². The van der Waals surface area contributed by atoms with Crippen LogP contribution in [0.1, 0.15) is 10.5 Å². The van der Waals surface area contributed by atoms with E-state index in [1.165, 1.54) is 0 Å². The normalized spacial score (nSPS) is 11.2. The molecule has 0 saturated heterocycles. The zero-order valence-electron chi connectivity index (χ0n) is 9.07. The lowest BCUT2D eigenvalue weighted by atomic mass is 10.1. The van der Waals surface area contributed by atoms with Crippen molar-refractivity contribution in [2.24, 2.45) is 5.73 Å². The molecule has 0 bridgehead atoms. The van der Waals surface area contributed by atoms with Gasteiger partial charge in [-0.3, -0.25) is 9.89 Å². The number of amides is 1. The van der Waals surface area contributed by atoms with Crippen molar-refractivity contribution in [1.82, 2.24) is 10.2 Å². The summed E-state index contributed by atoms with van der Waals surface area (Å²) in [6.45, 7) is 0. The standard InChI is InChI=1S/C12H8BrN3O2/c13-9-5-1-2-7-10(6(5)3-4-8(9)17)15-16-11(7)12(14)18/h1-4,17H,(H2,14,18)(H,15,16). The molecule has 90 valence electrons. The largest absolute Gasteiger partial charge is 0.507 e. The number of aromatic amines is 1. The number of nitrogens with one attached hydrogen (secondary N) is 1. The van der Waals surface area contributed by atoms with Crippen molar-refractivity contribution in [3.8, 4) is 5.75 Å². The van der Waals surface area contributed by atoms with Crippen LogP contribution in [0.4, 0.5) is 0 Å². The van der Waals surface area contributed by atoms with Gasteiger partial charge in [-0.1, -0.05) is 6.07 Å². The quantitative estimate of drug-likeness (QED) is 0.644. The van der Waals surface area contributed by atoms with Gasteiger partial charge in [0.15, 0.2) is 0 Å². The molecule has 4 N–H and O–H groups in total. The second-order valence-electron chi connectivity index (χ2n) is 3.92. The summed E-state index contributed by atoms with van der Waals surface area (Å²) >= 11 is 3.32. The van der Waals surface area contributed by atoms with Crippen LogP contribution >= 0.6 is 15.9 Å². The number of aromatic nitrogens is 2. The van der Waals surface area contributed by atoms with Gasteiger partial charge in [-0.05, 0) is 34.1 Å². The van der Waals surface area contributed by atoms with Gasteiger partial charge < -0.3 is 10.8 Å². The Bertz CT molecular complexity index is 795. The Balaban J connectivity index is 2.48. The second kappa shape index (κ2) is 3.71. The summed E-state index contributed by atoms with van der Waals surface area (Å²) in [5.41, 5.74) is 6.21. The van der Waals surface area contributed by atoms with Gasteiger partial charge in [0.25, 0.3) is 5.91 Å². The van der Waals surface area contributed by atoms with E-state index in [1.54, 1.807) is 18.2 Å². The van der Waals surface area contributed by atoms with Crippen molar-refractivity contribution in [2.45, 2.75) is 0 Å². The van der Waals surface area contributed by atoms with E-state index in [9.17, 15) is 9.90 Å². The van der Waals surface area contributed by atoms with Crippen LogP contribution in [0.25, 0.3) is 21.7 Å². The highest BCUT2D eigenvalue weighted by molar-refractivity contribution is 9.10. The van der Waals surface area contributed by atoms with Crippen molar-refractivity contribution in [3.05, 3.63) is 34.4 Å². The fourth-order valence-electron chi connectivity index (χ4n) is 2.02. The smallest absolute Gasteiger partial charge is 0.267 e. The lowest BCUT2D eigenvalue weighted by molar-refractivity contribution is 0.0997. The van der Waals surface area contributed by atoms with Crippen molar-refractivity contribution < 1.29 is 9.90 Å². The van der Waals surface area contributed by atoms with E-state index < -0.39 is 5.91 Å². The molecule has 0 aliphatic carbocycles. The molecule has 0 aliphatic rings. The third kappa shape index (κ3) is 1.39. The van der Waals surface area contributed by atoms with Crippen LogP contribution in [0.15, 0.2) is 28.7 Å². The molecule has 0 spiro atoms. The summed E-state index contributed by atoms with van der Waals surface area (Å²) < 4.78 is 0.602. The number of carbonyl (C=O) groups excluding carboxylic acids is 1. The number of phenolic OH excluding ortho intramolecular Hbond substituents is 1. The molecule has 18 heavy (non-hydrogen) atoms. The van der Waals surface area contributed by atoms with Crippen LogP contribution in [-0.4, -0.2) is 21.2 Å². The number of aromatic hydroxyl groups is 1. The molecule has 1 heterocycles. The van der Waals surface area contributed by atoms with Crippen molar-refractivity contribution >= 4 is 43.5 Å². The molecule has 0 aliphatic heterocycles. The lowest BCUT2D eigenvalue weighted by Crippen LogP contribution is -2.11. The van der Waals surface area contributed by atoms with Crippen LogP contribution in [-0.2, 0) is 0 Å². The topological polar surface area (TPSA) is 92.0 Å². The Kier molecular flexibility index (Phi) is 2.27. The van der Waals surface area contributed by atoms with Crippen LogP contribution in [0.3, 0.4) is 0 Å². The number of H-pyrrole nitrogens is 1. The summed E-state index contributed by atoms with van der Waals surface area (Å²) in [5.74, 6) is -0.387. The fourth-order valence-corrected chi connectivity index (χ4v) is 2.50. The van der Waals surface area contributed by atoms with E-state index in [0.29, 0.717) is 15.4 Å². The van der Waals surface area contributed by atoms with E-state index in [2.05, 4.69) is 26.1 Å². The minimum Gasteiger partial charge on any atom is -0.507 e. The average molecular weight is 306 g/mol. The van der Waals surface area contributed by atoms with Crippen LogP contribution in [0.5, 0.6) is 5.75 Å². The van der Waals surface area contributed by atoms with Crippen LogP contribution < -0.4 is 5.73 Å². The minimum absolute atomic E-state index is 0.160. The fraction of sp³-hybridized carbons (Fsp3) is 0. The zero-order chi connectivity index (χ0) is 12.9. The monoisotopic (exact) mass is 305 g/mol. The van der Waals surface area contributed by atoms with Crippen LogP contribution in [0.2, 0.25) is 0 Å². The first-order valence-corrected chi connectivity index (χ1v) is 5.97. The molecule has 0 radical (unpaired) electrons. The summed E-state index contributed by atoms with van der Waals surface area (Å²) in [6, 6.07) is 6.89. The first-order chi connectivity index (χ1) is 8.59. The number of phenols is 1. The van der Waals surface area contributed by atoms with Gasteiger partial charge in [-0.15, -0.1) is 0 Å². The van der Waals surface area contributed by atoms with Gasteiger partial charge in [0.05, 0.1) is 4.47 Å². The molecule has 0 atom stereocenters. The maximum absolute atomic E-state index is 11.2. The molecule has 1 aromatic heterocycles. The van der Waals surface area contributed by atoms with Gasteiger partial charge in [0.1, 0.15) is 17.0 Å². The Morgan fingerprint density at radius 2 is 1.89 bits per heavy atom. The first kappa shape index (κ1) is 11.0. The molecule has 0 unspecified atom stereocenters. The highest BCUT2D eigenvalue weighted by Crippen LogP contribution is 2.35. The summed E-state index contributed by atoms with van der Waals surface area (Å²) in [7, 11) is 0. The van der Waals surface area contributed by atoms with Crippen molar-refractivity contribution in [1.29, 1.82) is 0 Å². The molecule has 0 saturated carbocycles. The van der Waals surface area contributed by atoms with Crippen molar-refractivity contribution in [3.63, 3.8) is 0 Å². The number of nitrogens with zero attached hydrogens (tertiary/aromatic N) is 1. The number of carbonyl (C=O) groups is 1. The zero-order valence-corrected chi connectivity index (χ0v) is 10.7. The van der Waals surface area contributed by atoms with Gasteiger partial charge in [-0.25, -0.2) is 0 Å². The Hall–Kier alpha value is -2.08. The first-order valence-electron chi connectivity index (χ1n) is 5.17. The van der Waals surface area contributed by atoms with Crippen LogP contribution in [0, 0.1) is 0 Å².